The summed E-state index contributed by atoms with van der Waals surface area (Å²) in [6.45, 7) is -0.613. The molecule has 1 aliphatic heterocycles. The molecule has 170 valence electrons. The van der Waals surface area contributed by atoms with Gasteiger partial charge in [0, 0.05) is 6.07 Å². The number of halogens is 1. The average Bonchev–Trinajstić information content (AvgIpc) is 3.30. The van der Waals surface area contributed by atoms with E-state index in [2.05, 4.69) is 4.98 Å². The van der Waals surface area contributed by atoms with Gasteiger partial charge in [0.05, 0.1) is 27.6 Å². The van der Waals surface area contributed by atoms with Gasteiger partial charge in [0.15, 0.2) is 17.3 Å². The summed E-state index contributed by atoms with van der Waals surface area (Å²) in [4.78, 5) is 41.2. The molecule has 0 bridgehead atoms. The predicted molar refractivity (Wildman–Crippen MR) is 116 cm³/mol. The Kier molecular flexibility index (Phi) is 5.13. The number of nitro benzene ring substituents is 1. The highest BCUT2D eigenvalue weighted by molar-refractivity contribution is 5.95. The first-order valence-corrected chi connectivity index (χ1v) is 9.94. The Morgan fingerprint density at radius 1 is 1.12 bits per heavy atom. The number of hydrogen-bond acceptors (Lipinski definition) is 8. The summed E-state index contributed by atoms with van der Waals surface area (Å²) in [6, 6.07) is 14.0. The lowest BCUT2D eigenvalue weighted by Crippen LogP contribution is -2.25. The maximum atomic E-state index is 13.4. The van der Waals surface area contributed by atoms with Gasteiger partial charge in [-0.3, -0.25) is 19.5 Å². The van der Waals surface area contributed by atoms with Gasteiger partial charge < -0.3 is 14.2 Å². The van der Waals surface area contributed by atoms with Crippen LogP contribution in [0.15, 0.2) is 65.5 Å². The van der Waals surface area contributed by atoms with Gasteiger partial charge in [0.1, 0.15) is 18.0 Å². The zero-order chi connectivity index (χ0) is 23.8. The van der Waals surface area contributed by atoms with E-state index in [0.717, 1.165) is 6.07 Å². The van der Waals surface area contributed by atoms with Crippen LogP contribution in [-0.4, -0.2) is 27.2 Å². The molecule has 0 radical (unpaired) electrons. The summed E-state index contributed by atoms with van der Waals surface area (Å²) in [5, 5.41) is 11.8. The van der Waals surface area contributed by atoms with E-state index in [1.165, 1.54) is 34.9 Å². The topological polar surface area (TPSA) is 123 Å². The molecule has 0 unspecified atom stereocenters. The second-order valence-corrected chi connectivity index (χ2v) is 7.22. The van der Waals surface area contributed by atoms with Crippen molar-refractivity contribution in [3.8, 4) is 17.2 Å². The van der Waals surface area contributed by atoms with Crippen LogP contribution in [0.4, 0.5) is 10.1 Å². The van der Waals surface area contributed by atoms with Crippen molar-refractivity contribution >= 4 is 22.6 Å². The fourth-order valence-electron chi connectivity index (χ4n) is 3.59. The number of ether oxygens (including phenoxy) is 3. The maximum Gasteiger partial charge on any atom is 0.345 e. The molecule has 2 heterocycles. The molecule has 0 saturated carbocycles. The number of carbonyl (C=O) groups is 1. The molecule has 1 aliphatic rings. The minimum atomic E-state index is -1.02. The molecule has 5 rings (SSSR count). The van der Waals surface area contributed by atoms with E-state index in [0.29, 0.717) is 16.6 Å². The Morgan fingerprint density at radius 2 is 1.82 bits per heavy atom. The van der Waals surface area contributed by atoms with Crippen LogP contribution in [0, 0.1) is 15.9 Å². The van der Waals surface area contributed by atoms with Crippen molar-refractivity contribution in [1.82, 2.24) is 9.55 Å². The van der Waals surface area contributed by atoms with Crippen molar-refractivity contribution in [2.24, 2.45) is 0 Å². The van der Waals surface area contributed by atoms with Crippen LogP contribution in [0.5, 0.6) is 11.5 Å². The summed E-state index contributed by atoms with van der Waals surface area (Å²) in [6.07, 6.45) is 0. The minimum Gasteiger partial charge on any atom is -0.454 e. The van der Waals surface area contributed by atoms with Gasteiger partial charge in [-0.2, -0.15) is 0 Å². The lowest BCUT2D eigenvalue weighted by atomic mass is 10.1. The molecule has 11 heteroatoms. The zero-order valence-corrected chi connectivity index (χ0v) is 17.3. The number of para-hydroxylation sites is 1. The standard InChI is InChI=1S/C23H14FN3O7/c24-13-5-7-14(8-6-13)26-21(25-17-4-2-1-3-15(17)22(26)28)11-32-23(29)16-9-19-20(34-12-33-19)10-18(16)27(30)31/h1-10H,11-12H2. The summed E-state index contributed by atoms with van der Waals surface area (Å²) in [7, 11) is 0. The molecule has 4 aromatic rings. The number of nitrogens with zero attached hydrogens (tertiary/aromatic N) is 3. The molecule has 34 heavy (non-hydrogen) atoms. The van der Waals surface area contributed by atoms with E-state index in [1.54, 1.807) is 24.3 Å². The number of aromatic nitrogens is 2. The number of benzene rings is 3. The molecule has 0 saturated heterocycles. The molecule has 0 aliphatic carbocycles. The first kappa shape index (κ1) is 21.1. The van der Waals surface area contributed by atoms with Crippen molar-refractivity contribution in [2.75, 3.05) is 6.79 Å². The Labute approximate surface area is 189 Å². The van der Waals surface area contributed by atoms with Gasteiger partial charge in [-0.1, -0.05) is 12.1 Å². The number of carbonyl (C=O) groups excluding carboxylic acids is 1. The van der Waals surface area contributed by atoms with Crippen LogP contribution in [0.3, 0.4) is 0 Å². The summed E-state index contributed by atoms with van der Waals surface area (Å²) in [5.74, 6) is -1.15. The fraction of sp³-hybridized carbons (Fsp3) is 0.0870. The number of fused-ring (bicyclic) bond motifs is 2. The van der Waals surface area contributed by atoms with E-state index in [4.69, 9.17) is 14.2 Å². The van der Waals surface area contributed by atoms with Crippen molar-refractivity contribution in [3.63, 3.8) is 0 Å². The third-order valence-electron chi connectivity index (χ3n) is 5.17. The van der Waals surface area contributed by atoms with Crippen LogP contribution in [0.2, 0.25) is 0 Å². The van der Waals surface area contributed by atoms with Crippen LogP contribution >= 0.6 is 0 Å². The van der Waals surface area contributed by atoms with Gasteiger partial charge in [-0.05, 0) is 36.4 Å². The molecule has 0 atom stereocenters. The summed E-state index contributed by atoms with van der Waals surface area (Å²) < 4.78 is 30.3. The van der Waals surface area contributed by atoms with Crippen molar-refractivity contribution in [1.29, 1.82) is 0 Å². The Balaban J connectivity index is 1.54. The third kappa shape index (κ3) is 3.68. The minimum absolute atomic E-state index is 0.0482. The molecule has 0 N–H and O–H groups in total. The molecule has 0 amide bonds. The van der Waals surface area contributed by atoms with Crippen LogP contribution in [-0.2, 0) is 11.3 Å². The Morgan fingerprint density at radius 3 is 2.56 bits per heavy atom. The van der Waals surface area contributed by atoms with E-state index in [1.807, 2.05) is 0 Å². The highest BCUT2D eigenvalue weighted by Crippen LogP contribution is 2.38. The molecule has 0 fully saturated rings. The highest BCUT2D eigenvalue weighted by atomic mass is 19.1. The van der Waals surface area contributed by atoms with Gasteiger partial charge in [0.25, 0.3) is 11.2 Å². The van der Waals surface area contributed by atoms with Crippen LogP contribution in [0.25, 0.3) is 16.6 Å². The Bertz CT molecular complexity index is 1520. The SMILES string of the molecule is O=C(OCc1nc2ccccc2c(=O)n1-c1ccc(F)cc1)c1cc2c(cc1[N+](=O)[O-])OCO2. The summed E-state index contributed by atoms with van der Waals surface area (Å²) >= 11 is 0. The van der Waals surface area contributed by atoms with E-state index >= 15 is 0 Å². The second kappa shape index (κ2) is 8.28. The first-order valence-electron chi connectivity index (χ1n) is 9.94. The molecule has 1 aromatic heterocycles. The summed E-state index contributed by atoms with van der Waals surface area (Å²) in [5.41, 5.74) is -0.629. The molecule has 10 nitrogen and oxygen atoms in total. The average molecular weight is 463 g/mol. The third-order valence-corrected chi connectivity index (χ3v) is 5.17. The number of rotatable bonds is 5. The first-order chi connectivity index (χ1) is 16.4. The van der Waals surface area contributed by atoms with E-state index < -0.39 is 34.6 Å². The van der Waals surface area contributed by atoms with Crippen molar-refractivity contribution in [3.05, 3.63) is 98.3 Å². The molecular weight excluding hydrogens is 449 g/mol. The smallest absolute Gasteiger partial charge is 0.345 e. The number of hydrogen-bond donors (Lipinski definition) is 0. The predicted octanol–water partition coefficient (Wildman–Crippen LogP) is 3.52. The van der Waals surface area contributed by atoms with Crippen molar-refractivity contribution in [2.45, 2.75) is 6.61 Å². The number of esters is 1. The van der Waals surface area contributed by atoms with Gasteiger partial charge in [-0.15, -0.1) is 0 Å². The maximum absolute atomic E-state index is 13.4. The second-order valence-electron chi connectivity index (χ2n) is 7.22. The van der Waals surface area contributed by atoms with Crippen LogP contribution < -0.4 is 15.0 Å². The zero-order valence-electron chi connectivity index (χ0n) is 17.3. The quantitative estimate of drug-likeness (QED) is 0.250. The van der Waals surface area contributed by atoms with Gasteiger partial charge in [-0.25, -0.2) is 14.2 Å². The monoisotopic (exact) mass is 463 g/mol. The molecule has 0 spiro atoms. The lowest BCUT2D eigenvalue weighted by molar-refractivity contribution is -0.385. The van der Waals surface area contributed by atoms with E-state index in [-0.39, 0.29) is 29.7 Å². The Hall–Kier alpha value is -4.80. The largest absolute Gasteiger partial charge is 0.454 e. The van der Waals surface area contributed by atoms with Crippen LogP contribution in [0.1, 0.15) is 16.2 Å². The van der Waals surface area contributed by atoms with Gasteiger partial charge in [0.2, 0.25) is 6.79 Å². The van der Waals surface area contributed by atoms with Crippen molar-refractivity contribution < 1.29 is 28.3 Å². The normalized spacial score (nSPS) is 12.0. The van der Waals surface area contributed by atoms with E-state index in [9.17, 15) is 24.1 Å². The number of nitro groups is 1. The lowest BCUT2D eigenvalue weighted by Gasteiger charge is -2.14. The highest BCUT2D eigenvalue weighted by Gasteiger charge is 2.28. The fourth-order valence-corrected chi connectivity index (χ4v) is 3.59. The molecule has 3 aromatic carbocycles. The van der Waals surface area contributed by atoms with Gasteiger partial charge >= 0.3 is 5.97 Å². The molecular formula is C23H14FN3O7.